The van der Waals surface area contributed by atoms with Crippen molar-refractivity contribution >= 4 is 10.0 Å². The van der Waals surface area contributed by atoms with Gasteiger partial charge in [0.2, 0.25) is 10.0 Å². The summed E-state index contributed by atoms with van der Waals surface area (Å²) in [4.78, 5) is 9.52. The molecule has 6 nitrogen and oxygen atoms in total. The fourth-order valence-corrected chi connectivity index (χ4v) is 5.23. The Balaban J connectivity index is 1.61. The standard InChI is InChI=1S/C22H23N3O3S/c1-15-4-5-16(2)21(12-15)29(26,27)25-11-10-20-18(14-25)13-23-22(24-20)17-6-8-19(28-3)9-7-17/h4-9,12-13H,10-11,14H2,1-3H3. The third kappa shape index (κ3) is 3.75. The van der Waals surface area contributed by atoms with Gasteiger partial charge in [-0.05, 0) is 55.3 Å². The highest BCUT2D eigenvalue weighted by molar-refractivity contribution is 7.89. The summed E-state index contributed by atoms with van der Waals surface area (Å²) >= 11 is 0. The number of hydrogen-bond acceptors (Lipinski definition) is 5. The largest absolute Gasteiger partial charge is 0.497 e. The van der Waals surface area contributed by atoms with Crippen molar-refractivity contribution in [3.8, 4) is 17.1 Å². The summed E-state index contributed by atoms with van der Waals surface area (Å²) < 4.78 is 33.1. The Morgan fingerprint density at radius 1 is 1.07 bits per heavy atom. The van der Waals surface area contributed by atoms with Crippen molar-refractivity contribution in [3.05, 3.63) is 71.0 Å². The van der Waals surface area contributed by atoms with Crippen molar-refractivity contribution < 1.29 is 13.2 Å². The number of aromatic nitrogens is 2. The molecule has 0 fully saturated rings. The maximum atomic E-state index is 13.2. The van der Waals surface area contributed by atoms with Crippen LogP contribution < -0.4 is 4.74 Å². The zero-order valence-electron chi connectivity index (χ0n) is 16.7. The van der Waals surface area contributed by atoms with Crippen LogP contribution in [0.4, 0.5) is 0 Å². The Labute approximate surface area is 171 Å². The van der Waals surface area contributed by atoms with Gasteiger partial charge in [-0.3, -0.25) is 0 Å². The highest BCUT2D eigenvalue weighted by Crippen LogP contribution is 2.28. The van der Waals surface area contributed by atoms with Crippen molar-refractivity contribution in [2.24, 2.45) is 0 Å². The molecule has 0 spiro atoms. The molecule has 0 aliphatic carbocycles. The van der Waals surface area contributed by atoms with Crippen LogP contribution in [-0.4, -0.2) is 36.3 Å². The van der Waals surface area contributed by atoms with Crippen molar-refractivity contribution in [3.63, 3.8) is 0 Å². The average Bonchev–Trinajstić information content (AvgIpc) is 2.74. The lowest BCUT2D eigenvalue weighted by Gasteiger charge is -2.28. The summed E-state index contributed by atoms with van der Waals surface area (Å²) in [7, 11) is -1.94. The van der Waals surface area contributed by atoms with Crippen LogP contribution in [0, 0.1) is 13.8 Å². The molecule has 0 N–H and O–H groups in total. The maximum absolute atomic E-state index is 13.2. The molecule has 0 radical (unpaired) electrons. The van der Waals surface area contributed by atoms with E-state index >= 15 is 0 Å². The number of fused-ring (bicyclic) bond motifs is 1. The maximum Gasteiger partial charge on any atom is 0.243 e. The van der Waals surface area contributed by atoms with Crippen LogP contribution in [-0.2, 0) is 23.0 Å². The van der Waals surface area contributed by atoms with Gasteiger partial charge < -0.3 is 4.74 Å². The number of aryl methyl sites for hydroxylation is 2. The summed E-state index contributed by atoms with van der Waals surface area (Å²) in [6.07, 6.45) is 2.30. The molecule has 0 unspecified atom stereocenters. The second-order valence-electron chi connectivity index (χ2n) is 7.25. The Kier molecular flexibility index (Phi) is 5.10. The first-order valence-electron chi connectivity index (χ1n) is 9.45. The normalized spacial score (nSPS) is 14.4. The van der Waals surface area contributed by atoms with Crippen molar-refractivity contribution in [1.29, 1.82) is 0 Å². The molecular formula is C22H23N3O3S. The number of benzene rings is 2. The number of rotatable bonds is 4. The second kappa shape index (κ2) is 7.57. The van der Waals surface area contributed by atoms with E-state index in [9.17, 15) is 8.42 Å². The second-order valence-corrected chi connectivity index (χ2v) is 9.16. The first kappa shape index (κ1) is 19.5. The molecule has 0 atom stereocenters. The van der Waals surface area contributed by atoms with Gasteiger partial charge in [-0.15, -0.1) is 0 Å². The summed E-state index contributed by atoms with van der Waals surface area (Å²) in [5, 5.41) is 0. The van der Waals surface area contributed by atoms with Gasteiger partial charge in [-0.1, -0.05) is 12.1 Å². The predicted octanol–water partition coefficient (Wildman–Crippen LogP) is 3.52. The summed E-state index contributed by atoms with van der Waals surface area (Å²) in [5.41, 5.74) is 4.34. The van der Waals surface area contributed by atoms with Gasteiger partial charge in [0.1, 0.15) is 5.75 Å². The summed E-state index contributed by atoms with van der Waals surface area (Å²) in [6.45, 7) is 4.42. The van der Waals surface area contributed by atoms with Gasteiger partial charge in [0.15, 0.2) is 5.82 Å². The lowest BCUT2D eigenvalue weighted by molar-refractivity contribution is 0.386. The molecular weight excluding hydrogens is 386 g/mol. The molecule has 150 valence electrons. The Morgan fingerprint density at radius 3 is 2.55 bits per heavy atom. The van der Waals surface area contributed by atoms with Gasteiger partial charge in [0, 0.05) is 36.8 Å². The van der Waals surface area contributed by atoms with Crippen molar-refractivity contribution in [2.75, 3.05) is 13.7 Å². The molecule has 0 bridgehead atoms. The van der Waals surface area contributed by atoms with Crippen LogP contribution in [0.3, 0.4) is 0 Å². The van der Waals surface area contributed by atoms with Crippen molar-refractivity contribution in [2.45, 2.75) is 31.7 Å². The first-order valence-corrected chi connectivity index (χ1v) is 10.9. The summed E-state index contributed by atoms with van der Waals surface area (Å²) in [6, 6.07) is 13.1. The molecule has 3 aromatic rings. The highest BCUT2D eigenvalue weighted by Gasteiger charge is 2.30. The van der Waals surface area contributed by atoms with Crippen LogP contribution in [0.2, 0.25) is 0 Å². The number of ether oxygens (including phenoxy) is 1. The number of sulfonamides is 1. The molecule has 2 aromatic carbocycles. The van der Waals surface area contributed by atoms with Gasteiger partial charge >= 0.3 is 0 Å². The van der Waals surface area contributed by atoms with Crippen LogP contribution in [0.15, 0.2) is 53.6 Å². The minimum atomic E-state index is -3.56. The molecule has 29 heavy (non-hydrogen) atoms. The van der Waals surface area contributed by atoms with Gasteiger partial charge in [-0.25, -0.2) is 18.4 Å². The van der Waals surface area contributed by atoms with E-state index in [1.54, 1.807) is 19.4 Å². The average molecular weight is 410 g/mol. The molecule has 2 heterocycles. The quantitative estimate of drug-likeness (QED) is 0.659. The lowest BCUT2D eigenvalue weighted by Crippen LogP contribution is -2.36. The molecule has 0 saturated heterocycles. The zero-order valence-corrected chi connectivity index (χ0v) is 17.5. The monoisotopic (exact) mass is 409 g/mol. The lowest BCUT2D eigenvalue weighted by atomic mass is 10.1. The van der Waals surface area contributed by atoms with Crippen LogP contribution in [0.5, 0.6) is 5.75 Å². The van der Waals surface area contributed by atoms with Gasteiger partial charge in [-0.2, -0.15) is 4.31 Å². The van der Waals surface area contributed by atoms with E-state index in [0.29, 0.717) is 23.7 Å². The fraction of sp³-hybridized carbons (Fsp3) is 0.273. The van der Waals surface area contributed by atoms with E-state index in [-0.39, 0.29) is 6.54 Å². The van der Waals surface area contributed by atoms with Crippen LogP contribution in [0.1, 0.15) is 22.4 Å². The van der Waals surface area contributed by atoms with E-state index in [2.05, 4.69) is 9.97 Å². The minimum Gasteiger partial charge on any atom is -0.497 e. The Morgan fingerprint density at radius 2 is 1.83 bits per heavy atom. The molecule has 1 aliphatic rings. The SMILES string of the molecule is COc1ccc(-c2ncc3c(n2)CCN(S(=O)(=O)c2cc(C)ccc2C)C3)cc1. The molecule has 0 saturated carbocycles. The molecule has 0 amide bonds. The molecule has 4 rings (SSSR count). The van der Waals surface area contributed by atoms with Crippen LogP contribution in [0.25, 0.3) is 11.4 Å². The topological polar surface area (TPSA) is 72.4 Å². The van der Waals surface area contributed by atoms with E-state index in [1.807, 2.05) is 50.2 Å². The van der Waals surface area contributed by atoms with E-state index in [1.165, 1.54) is 4.31 Å². The van der Waals surface area contributed by atoms with E-state index in [4.69, 9.17) is 4.74 Å². The third-order valence-electron chi connectivity index (χ3n) is 5.21. The Bertz CT molecular complexity index is 1160. The first-order chi connectivity index (χ1) is 13.9. The predicted molar refractivity (Wildman–Crippen MR) is 111 cm³/mol. The fourth-order valence-electron chi connectivity index (χ4n) is 3.50. The Hall–Kier alpha value is -2.77. The van der Waals surface area contributed by atoms with Crippen LogP contribution >= 0.6 is 0 Å². The number of hydrogen-bond donors (Lipinski definition) is 0. The minimum absolute atomic E-state index is 0.286. The smallest absolute Gasteiger partial charge is 0.243 e. The summed E-state index contributed by atoms with van der Waals surface area (Å²) in [5.74, 6) is 1.41. The molecule has 1 aliphatic heterocycles. The van der Waals surface area contributed by atoms with Gasteiger partial charge in [0.05, 0.1) is 17.7 Å². The number of nitrogens with zero attached hydrogens (tertiary/aromatic N) is 3. The molecule has 7 heteroatoms. The van der Waals surface area contributed by atoms with E-state index in [0.717, 1.165) is 33.7 Å². The third-order valence-corrected chi connectivity index (χ3v) is 7.20. The van der Waals surface area contributed by atoms with Gasteiger partial charge in [0.25, 0.3) is 0 Å². The van der Waals surface area contributed by atoms with E-state index < -0.39 is 10.0 Å². The molecule has 1 aromatic heterocycles. The zero-order chi connectivity index (χ0) is 20.6. The number of methoxy groups -OCH3 is 1. The van der Waals surface area contributed by atoms with Crippen molar-refractivity contribution in [1.82, 2.24) is 14.3 Å². The highest BCUT2D eigenvalue weighted by atomic mass is 32.2.